The average molecular weight is 753 g/mol. The van der Waals surface area contributed by atoms with E-state index in [9.17, 15) is 19.2 Å². The maximum Gasteiger partial charge on any atom is 0.407 e. The lowest BCUT2D eigenvalue weighted by atomic mass is 10.0. The summed E-state index contributed by atoms with van der Waals surface area (Å²) in [5, 5.41) is 5.40. The third-order valence-electron chi connectivity index (χ3n) is 10.7. The highest BCUT2D eigenvalue weighted by Crippen LogP contribution is 2.36. The van der Waals surface area contributed by atoms with Gasteiger partial charge >= 0.3 is 12.2 Å². The van der Waals surface area contributed by atoms with Gasteiger partial charge in [0.2, 0.25) is 11.8 Å². The monoisotopic (exact) mass is 752 g/mol. The molecule has 0 aliphatic carbocycles. The van der Waals surface area contributed by atoms with Gasteiger partial charge in [-0.15, -0.1) is 0 Å². The molecule has 0 radical (unpaired) electrons. The van der Waals surface area contributed by atoms with Crippen LogP contribution >= 0.6 is 0 Å². The van der Waals surface area contributed by atoms with Crippen molar-refractivity contribution in [2.45, 2.75) is 84.5 Å². The van der Waals surface area contributed by atoms with Crippen LogP contribution in [0.15, 0.2) is 54.7 Å². The summed E-state index contributed by atoms with van der Waals surface area (Å²) in [5.41, 5.74) is 6.66. The molecule has 0 unspecified atom stereocenters. The first-order chi connectivity index (χ1) is 26.4. The Hall–Kier alpha value is -5.66. The molecule has 55 heavy (non-hydrogen) atoms. The van der Waals surface area contributed by atoms with Crippen molar-refractivity contribution < 1.29 is 28.7 Å². The second-order valence-corrected chi connectivity index (χ2v) is 15.0. The lowest BCUT2D eigenvalue weighted by molar-refractivity contribution is -0.136. The van der Waals surface area contributed by atoms with Crippen molar-refractivity contribution in [3.05, 3.63) is 72.1 Å². The average Bonchev–Trinajstić information content (AvgIpc) is 4.02. The highest BCUT2D eigenvalue weighted by molar-refractivity contribution is 5.87. The number of alkyl carbamates (subject to hydrolysis) is 2. The molecule has 292 valence electrons. The minimum absolute atomic E-state index is 0.105. The van der Waals surface area contributed by atoms with Crippen LogP contribution in [0.25, 0.3) is 33.6 Å². The molecule has 14 heteroatoms. The third-order valence-corrected chi connectivity index (χ3v) is 10.7. The molecule has 4 amide bonds. The number of methoxy groups -OCH3 is 2. The quantitative estimate of drug-likeness (QED) is 0.134. The van der Waals surface area contributed by atoms with Crippen molar-refractivity contribution in [2.75, 3.05) is 27.3 Å². The summed E-state index contributed by atoms with van der Waals surface area (Å²) >= 11 is 0. The Balaban J connectivity index is 1.13. The van der Waals surface area contributed by atoms with Gasteiger partial charge in [0.05, 0.1) is 43.9 Å². The third kappa shape index (κ3) is 8.37. The molecule has 0 spiro atoms. The number of likely N-dealkylation sites (tertiary alicyclic amines) is 2. The molecule has 2 saturated heterocycles. The van der Waals surface area contributed by atoms with E-state index in [4.69, 9.17) is 14.5 Å². The molecule has 4 N–H and O–H groups in total. The van der Waals surface area contributed by atoms with Gasteiger partial charge in [-0.2, -0.15) is 0 Å². The number of aromatic amines is 2. The number of carbonyl (C=O) groups is 4. The van der Waals surface area contributed by atoms with Gasteiger partial charge in [-0.05, 0) is 61.1 Å². The standard InChI is InChI=1S/C41H52N8O6/c1-23(2)33(46-40(52)54-6)38(50)48-20-8-10-31(48)36-42-22-30(44-36)28-16-12-26(13-17-28)27-14-18-29(19-15-27)35-25(5)43-37(45-35)32-11-9-21-49(32)39(51)34(24(3)4)47-41(53)55-7/h12-19,22-24,31-34H,8-11,20-21H2,1-7H3,(H,42,44)(H,43,45)(H,46,52)(H,47,53)/t31-,32-,33-,34-/m0/s1. The highest BCUT2D eigenvalue weighted by atomic mass is 16.5. The highest BCUT2D eigenvalue weighted by Gasteiger charge is 2.39. The lowest BCUT2D eigenvalue weighted by Gasteiger charge is -2.30. The fourth-order valence-corrected chi connectivity index (χ4v) is 7.62. The number of nitrogens with one attached hydrogen (secondary N) is 4. The van der Waals surface area contributed by atoms with Crippen LogP contribution < -0.4 is 10.6 Å². The molecular formula is C41H52N8O6. The number of nitrogens with zero attached hydrogens (tertiary/aromatic N) is 4. The van der Waals surface area contributed by atoms with Gasteiger partial charge in [0, 0.05) is 24.3 Å². The summed E-state index contributed by atoms with van der Waals surface area (Å²) in [6.07, 6.45) is 3.81. The molecule has 2 aliphatic heterocycles. The molecule has 14 nitrogen and oxygen atoms in total. The van der Waals surface area contributed by atoms with Crippen LogP contribution in [0.3, 0.4) is 0 Å². The second-order valence-electron chi connectivity index (χ2n) is 15.0. The number of aryl methyl sites for hydroxylation is 1. The lowest BCUT2D eigenvalue weighted by Crippen LogP contribution is -2.51. The number of rotatable bonds is 11. The van der Waals surface area contributed by atoms with Gasteiger partial charge in [-0.25, -0.2) is 19.6 Å². The molecule has 4 heterocycles. The number of amides is 4. The van der Waals surface area contributed by atoms with Crippen molar-refractivity contribution in [3.63, 3.8) is 0 Å². The first-order valence-corrected chi connectivity index (χ1v) is 19.0. The first-order valence-electron chi connectivity index (χ1n) is 19.0. The fraction of sp³-hybridized carbons (Fsp3) is 0.463. The number of hydrogen-bond acceptors (Lipinski definition) is 8. The molecule has 2 aliphatic rings. The Morgan fingerprint density at radius 1 is 0.691 bits per heavy atom. The maximum absolute atomic E-state index is 13.6. The predicted octanol–water partition coefficient (Wildman–Crippen LogP) is 6.53. The van der Waals surface area contributed by atoms with E-state index in [0.717, 1.165) is 76.7 Å². The molecule has 2 fully saturated rings. The van der Waals surface area contributed by atoms with E-state index in [-0.39, 0.29) is 35.7 Å². The second kappa shape index (κ2) is 16.8. The topological polar surface area (TPSA) is 175 Å². The number of imidazole rings is 2. The zero-order valence-electron chi connectivity index (χ0n) is 32.6. The van der Waals surface area contributed by atoms with Crippen LogP contribution in [0.2, 0.25) is 0 Å². The van der Waals surface area contributed by atoms with E-state index in [1.807, 2.05) is 39.5 Å². The van der Waals surface area contributed by atoms with E-state index in [1.165, 1.54) is 14.2 Å². The molecule has 2 aromatic carbocycles. The van der Waals surface area contributed by atoms with Crippen LogP contribution in [-0.4, -0.2) is 93.1 Å². The molecule has 0 bridgehead atoms. The Morgan fingerprint density at radius 3 is 1.62 bits per heavy atom. The molecule has 4 atom stereocenters. The fourth-order valence-electron chi connectivity index (χ4n) is 7.62. The first kappa shape index (κ1) is 39.0. The Morgan fingerprint density at radius 2 is 1.15 bits per heavy atom. The number of benzene rings is 2. The summed E-state index contributed by atoms with van der Waals surface area (Å²) in [5.74, 6) is 0.970. The zero-order chi connectivity index (χ0) is 39.4. The number of aromatic nitrogens is 4. The van der Waals surface area contributed by atoms with Crippen LogP contribution in [0, 0.1) is 18.8 Å². The summed E-state index contributed by atoms with van der Waals surface area (Å²) < 4.78 is 9.52. The van der Waals surface area contributed by atoms with Crippen molar-refractivity contribution in [1.29, 1.82) is 0 Å². The van der Waals surface area contributed by atoms with E-state index < -0.39 is 24.3 Å². The van der Waals surface area contributed by atoms with Crippen molar-refractivity contribution in [1.82, 2.24) is 40.4 Å². The van der Waals surface area contributed by atoms with Gasteiger partial charge in [0.15, 0.2) is 0 Å². The zero-order valence-corrected chi connectivity index (χ0v) is 32.6. The van der Waals surface area contributed by atoms with Crippen LogP contribution in [0.5, 0.6) is 0 Å². The summed E-state index contributed by atoms with van der Waals surface area (Å²) in [4.78, 5) is 71.2. The largest absolute Gasteiger partial charge is 0.453 e. The normalized spacial score (nSPS) is 18.1. The number of H-pyrrole nitrogens is 2. The van der Waals surface area contributed by atoms with Crippen LogP contribution in [0.4, 0.5) is 9.59 Å². The molecule has 0 saturated carbocycles. The summed E-state index contributed by atoms with van der Waals surface area (Å²) in [6, 6.07) is 14.7. The Bertz CT molecular complexity index is 1990. The summed E-state index contributed by atoms with van der Waals surface area (Å²) in [6.45, 7) is 10.8. The Kier molecular flexibility index (Phi) is 11.9. The Labute approximate surface area is 321 Å². The van der Waals surface area contributed by atoms with Crippen molar-refractivity contribution in [3.8, 4) is 33.6 Å². The molecule has 6 rings (SSSR count). The van der Waals surface area contributed by atoms with Gasteiger partial charge in [-0.1, -0.05) is 76.2 Å². The van der Waals surface area contributed by atoms with E-state index in [0.29, 0.717) is 13.1 Å². The van der Waals surface area contributed by atoms with Crippen LogP contribution in [0.1, 0.15) is 82.8 Å². The van der Waals surface area contributed by atoms with Crippen molar-refractivity contribution in [2.24, 2.45) is 11.8 Å². The minimum atomic E-state index is -0.691. The number of ether oxygens (including phenoxy) is 2. The smallest absolute Gasteiger partial charge is 0.407 e. The van der Waals surface area contributed by atoms with Crippen molar-refractivity contribution >= 4 is 24.0 Å². The predicted molar refractivity (Wildman–Crippen MR) is 207 cm³/mol. The van der Waals surface area contributed by atoms with E-state index in [1.54, 1.807) is 11.1 Å². The molecule has 2 aromatic heterocycles. The number of carbonyl (C=O) groups excluding carboxylic acids is 4. The molecule has 4 aromatic rings. The van der Waals surface area contributed by atoms with Gasteiger partial charge < -0.3 is 39.9 Å². The maximum atomic E-state index is 13.6. The summed E-state index contributed by atoms with van der Waals surface area (Å²) in [7, 11) is 2.58. The SMILES string of the molecule is COC(=O)N[C@H](C(=O)N1CCC[C@H]1c1ncc(-c2ccc(-c3ccc(-c4nc([C@@H]5CCCN5C(=O)[C@@H](NC(=O)OC)C(C)C)[nH]c4C)cc3)cc2)[nH]1)C(C)C. The van der Waals surface area contributed by atoms with Gasteiger partial charge in [0.25, 0.3) is 0 Å². The number of hydrogen-bond donors (Lipinski definition) is 4. The van der Waals surface area contributed by atoms with Gasteiger partial charge in [0.1, 0.15) is 23.7 Å². The molecular weight excluding hydrogens is 701 g/mol. The van der Waals surface area contributed by atoms with E-state index in [2.05, 4.69) is 74.1 Å². The van der Waals surface area contributed by atoms with Gasteiger partial charge in [-0.3, -0.25) is 9.59 Å². The van der Waals surface area contributed by atoms with Crippen LogP contribution in [-0.2, 0) is 19.1 Å². The van der Waals surface area contributed by atoms with E-state index >= 15 is 0 Å². The minimum Gasteiger partial charge on any atom is -0.453 e.